The third-order valence-electron chi connectivity index (χ3n) is 5.87. The third-order valence-corrected chi connectivity index (χ3v) is 5.87. The summed E-state index contributed by atoms with van der Waals surface area (Å²) in [4.78, 5) is 25.7. The maximum absolute atomic E-state index is 12.9. The molecule has 2 N–H and O–H groups in total. The lowest BCUT2D eigenvalue weighted by Crippen LogP contribution is -2.20. The van der Waals surface area contributed by atoms with Crippen LogP contribution in [0.25, 0.3) is 10.8 Å². The van der Waals surface area contributed by atoms with Gasteiger partial charge in [0.15, 0.2) is 5.76 Å². The Kier molecular flexibility index (Phi) is 5.99. The van der Waals surface area contributed by atoms with Crippen molar-refractivity contribution in [3.8, 4) is 5.75 Å². The van der Waals surface area contributed by atoms with Crippen LogP contribution in [0.5, 0.6) is 5.75 Å². The summed E-state index contributed by atoms with van der Waals surface area (Å²) in [5.41, 5.74) is 1.82. The molecule has 0 radical (unpaired) electrons. The van der Waals surface area contributed by atoms with Crippen LogP contribution in [-0.2, 0) is 20.7 Å². The van der Waals surface area contributed by atoms with Crippen LogP contribution in [-0.4, -0.2) is 31.4 Å². The molecule has 36 heavy (non-hydrogen) atoms. The van der Waals surface area contributed by atoms with Gasteiger partial charge >= 0.3 is 0 Å². The number of nitrogens with zero attached hydrogens (tertiary/aromatic N) is 4. The first-order chi connectivity index (χ1) is 17.4. The Morgan fingerprint density at radius 3 is 2.39 bits per heavy atom. The minimum atomic E-state index is -0.508. The Morgan fingerprint density at radius 2 is 1.61 bits per heavy atom. The van der Waals surface area contributed by atoms with Gasteiger partial charge in [0.1, 0.15) is 23.8 Å². The van der Waals surface area contributed by atoms with Crippen molar-refractivity contribution in [2.75, 3.05) is 10.6 Å². The zero-order valence-corrected chi connectivity index (χ0v) is 20.0. The van der Waals surface area contributed by atoms with Gasteiger partial charge in [-0.15, -0.1) is 0 Å². The standard InChI is InChI=1S/C26H24N6O4/c1-16-21(13-27-31(16)2)29-26(34)24-22(14-28-32(24)3)30-25(33)23-11-10-20(36-23)15-35-19-9-8-17-6-4-5-7-18(17)12-19/h4-14H,15H2,1-3H3,(H,29,34)(H,30,33). The molecule has 2 aromatic carbocycles. The van der Waals surface area contributed by atoms with Gasteiger partial charge in [-0.2, -0.15) is 10.2 Å². The Balaban J connectivity index is 1.24. The van der Waals surface area contributed by atoms with E-state index in [1.807, 2.05) is 49.4 Å². The molecule has 0 aliphatic rings. The molecule has 0 atom stereocenters. The van der Waals surface area contributed by atoms with E-state index in [4.69, 9.17) is 9.15 Å². The number of aromatic nitrogens is 4. The number of benzene rings is 2. The van der Waals surface area contributed by atoms with Crippen molar-refractivity contribution < 1.29 is 18.7 Å². The van der Waals surface area contributed by atoms with Crippen LogP contribution >= 0.6 is 0 Å². The third kappa shape index (κ3) is 4.56. The van der Waals surface area contributed by atoms with Crippen LogP contribution < -0.4 is 15.4 Å². The number of carbonyl (C=O) groups excluding carboxylic acids is 2. The molecule has 5 aromatic rings. The van der Waals surface area contributed by atoms with Crippen molar-refractivity contribution in [1.82, 2.24) is 19.6 Å². The summed E-state index contributed by atoms with van der Waals surface area (Å²) in [6.07, 6.45) is 2.97. The maximum Gasteiger partial charge on any atom is 0.291 e. The van der Waals surface area contributed by atoms with E-state index in [-0.39, 0.29) is 23.7 Å². The average Bonchev–Trinajstić information content (AvgIpc) is 3.58. The van der Waals surface area contributed by atoms with Crippen molar-refractivity contribution in [2.24, 2.45) is 14.1 Å². The highest BCUT2D eigenvalue weighted by Gasteiger charge is 2.22. The number of anilines is 2. The highest BCUT2D eigenvalue weighted by Crippen LogP contribution is 2.23. The van der Waals surface area contributed by atoms with E-state index in [9.17, 15) is 9.59 Å². The predicted octanol–water partition coefficient (Wildman–Crippen LogP) is 4.29. The van der Waals surface area contributed by atoms with Crippen molar-refractivity contribution >= 4 is 34.0 Å². The van der Waals surface area contributed by atoms with Crippen LogP contribution in [0.2, 0.25) is 0 Å². The molecule has 3 heterocycles. The van der Waals surface area contributed by atoms with Gasteiger partial charge in [0, 0.05) is 14.1 Å². The second-order valence-electron chi connectivity index (χ2n) is 8.27. The summed E-state index contributed by atoms with van der Waals surface area (Å²) in [5.74, 6) is 0.345. The average molecular weight is 485 g/mol. The van der Waals surface area contributed by atoms with E-state index in [1.54, 1.807) is 37.1 Å². The number of carbonyl (C=O) groups is 2. The first-order valence-corrected chi connectivity index (χ1v) is 11.2. The molecule has 10 nitrogen and oxygen atoms in total. The van der Waals surface area contributed by atoms with E-state index in [2.05, 4.69) is 20.8 Å². The molecule has 0 aliphatic heterocycles. The maximum atomic E-state index is 12.9. The number of hydrogen-bond donors (Lipinski definition) is 2. The van der Waals surface area contributed by atoms with Crippen LogP contribution in [0.1, 0.15) is 32.5 Å². The van der Waals surface area contributed by atoms with Gasteiger partial charge in [0.25, 0.3) is 11.8 Å². The molecule has 10 heteroatoms. The number of ether oxygens (including phenoxy) is 1. The highest BCUT2D eigenvalue weighted by atomic mass is 16.5. The number of amides is 2. The van der Waals surface area contributed by atoms with Gasteiger partial charge in [0.05, 0.1) is 29.5 Å². The lowest BCUT2D eigenvalue weighted by atomic mass is 10.1. The first kappa shape index (κ1) is 22.9. The summed E-state index contributed by atoms with van der Waals surface area (Å²) in [7, 11) is 3.40. The van der Waals surface area contributed by atoms with Gasteiger partial charge in [-0.25, -0.2) is 0 Å². The normalized spacial score (nSPS) is 11.0. The lowest BCUT2D eigenvalue weighted by molar-refractivity contribution is 0.0992. The zero-order valence-electron chi connectivity index (χ0n) is 20.0. The minimum absolute atomic E-state index is 0.0884. The molecule has 0 aliphatic carbocycles. The summed E-state index contributed by atoms with van der Waals surface area (Å²) < 4.78 is 14.6. The molecular weight excluding hydrogens is 460 g/mol. The molecule has 5 rings (SSSR count). The Bertz CT molecular complexity index is 1580. The van der Waals surface area contributed by atoms with Crippen LogP contribution in [0.3, 0.4) is 0 Å². The lowest BCUT2D eigenvalue weighted by Gasteiger charge is -2.08. The summed E-state index contributed by atoms with van der Waals surface area (Å²) in [5, 5.41) is 15.9. The summed E-state index contributed by atoms with van der Waals surface area (Å²) in [6, 6.07) is 17.1. The van der Waals surface area contributed by atoms with E-state index in [1.165, 1.54) is 10.9 Å². The summed E-state index contributed by atoms with van der Waals surface area (Å²) in [6.45, 7) is 2.00. The van der Waals surface area contributed by atoms with Crippen molar-refractivity contribution in [1.29, 1.82) is 0 Å². The molecular formula is C26H24N6O4. The van der Waals surface area contributed by atoms with Crippen LogP contribution in [0.4, 0.5) is 11.4 Å². The van der Waals surface area contributed by atoms with Gasteiger partial charge in [-0.3, -0.25) is 19.0 Å². The molecule has 2 amide bonds. The predicted molar refractivity (Wildman–Crippen MR) is 134 cm³/mol. The van der Waals surface area contributed by atoms with E-state index < -0.39 is 11.8 Å². The Hall–Kier alpha value is -4.86. The fourth-order valence-electron chi connectivity index (χ4n) is 3.77. The Morgan fingerprint density at radius 1 is 0.889 bits per heavy atom. The number of fused-ring (bicyclic) bond motifs is 1. The monoisotopic (exact) mass is 484 g/mol. The first-order valence-electron chi connectivity index (χ1n) is 11.2. The minimum Gasteiger partial charge on any atom is -0.486 e. The fraction of sp³-hybridized carbons (Fsp3) is 0.154. The van der Waals surface area contributed by atoms with E-state index >= 15 is 0 Å². The fourth-order valence-corrected chi connectivity index (χ4v) is 3.77. The van der Waals surface area contributed by atoms with Crippen LogP contribution in [0, 0.1) is 6.92 Å². The van der Waals surface area contributed by atoms with Crippen molar-refractivity contribution in [3.05, 3.63) is 89.9 Å². The molecule has 0 saturated carbocycles. The molecule has 0 unspecified atom stereocenters. The van der Waals surface area contributed by atoms with Crippen LogP contribution in [0.15, 0.2) is 71.4 Å². The van der Waals surface area contributed by atoms with Crippen molar-refractivity contribution in [3.63, 3.8) is 0 Å². The quantitative estimate of drug-likeness (QED) is 0.356. The molecule has 0 spiro atoms. The number of rotatable bonds is 7. The number of furan rings is 1. The van der Waals surface area contributed by atoms with Crippen molar-refractivity contribution in [2.45, 2.75) is 13.5 Å². The van der Waals surface area contributed by atoms with Gasteiger partial charge in [-0.1, -0.05) is 30.3 Å². The molecule has 0 fully saturated rings. The largest absolute Gasteiger partial charge is 0.486 e. The zero-order chi connectivity index (χ0) is 25.2. The number of nitrogens with one attached hydrogen (secondary N) is 2. The topological polar surface area (TPSA) is 116 Å². The SMILES string of the molecule is Cc1c(NC(=O)c2c(NC(=O)c3ccc(COc4ccc5ccccc5c4)o3)cnn2C)cnn1C. The highest BCUT2D eigenvalue weighted by molar-refractivity contribution is 6.11. The number of aryl methyl sites for hydroxylation is 2. The molecule has 182 valence electrons. The smallest absolute Gasteiger partial charge is 0.291 e. The molecule has 0 saturated heterocycles. The summed E-state index contributed by atoms with van der Waals surface area (Å²) >= 11 is 0. The van der Waals surface area contributed by atoms with Gasteiger partial charge < -0.3 is 19.8 Å². The molecule has 3 aromatic heterocycles. The molecule has 0 bridgehead atoms. The number of hydrogen-bond acceptors (Lipinski definition) is 6. The van der Waals surface area contributed by atoms with Gasteiger partial charge in [0.2, 0.25) is 0 Å². The Labute approximate surface area is 206 Å². The second kappa shape index (κ2) is 9.41. The van der Waals surface area contributed by atoms with Gasteiger partial charge in [-0.05, 0) is 42.0 Å². The second-order valence-corrected chi connectivity index (χ2v) is 8.27. The van der Waals surface area contributed by atoms with E-state index in [0.29, 0.717) is 17.2 Å². The van der Waals surface area contributed by atoms with E-state index in [0.717, 1.165) is 16.5 Å².